The number of nitrogens with two attached hydrogens (primary N) is 1. The molecule has 1 saturated carbocycles. The molecule has 0 bridgehead atoms. The second kappa shape index (κ2) is 8.45. The zero-order valence-corrected chi connectivity index (χ0v) is 19.8. The summed E-state index contributed by atoms with van der Waals surface area (Å²) in [6, 6.07) is 1.91. The van der Waals surface area contributed by atoms with Crippen molar-refractivity contribution >= 4 is 23.0 Å². The fourth-order valence-electron chi connectivity index (χ4n) is 5.84. The average Bonchev–Trinajstić information content (AvgIpc) is 2.76. The van der Waals surface area contributed by atoms with Gasteiger partial charge in [0.2, 0.25) is 5.78 Å². The highest BCUT2D eigenvalue weighted by molar-refractivity contribution is 6.14. The van der Waals surface area contributed by atoms with Crippen LogP contribution in [0.2, 0.25) is 0 Å². The molecule has 188 valence electrons. The van der Waals surface area contributed by atoms with Crippen molar-refractivity contribution in [1.29, 1.82) is 0 Å². The fourth-order valence-corrected chi connectivity index (χ4v) is 5.84. The van der Waals surface area contributed by atoms with E-state index < -0.39 is 58.4 Å². The SMILES string of the molecule is CO/N=C(\C)c1ccc(O)c2c1C[C@H]1C[C@H]3[C@H](N(C)C)C(=O)C(C(N)O)=C(O)[C@@]3(O)C(=O)C1=C2O. The number of phenolic OH excluding ortho intramolecular Hbond substituents is 1. The number of aromatic hydroxyl groups is 1. The second-order valence-electron chi connectivity index (χ2n) is 9.43. The van der Waals surface area contributed by atoms with E-state index in [2.05, 4.69) is 5.16 Å². The maximum absolute atomic E-state index is 13.8. The van der Waals surface area contributed by atoms with E-state index in [9.17, 15) is 35.1 Å². The fraction of sp³-hybridized carbons (Fsp3) is 0.458. The van der Waals surface area contributed by atoms with Crippen molar-refractivity contribution in [1.82, 2.24) is 4.90 Å². The number of phenols is 1. The molecule has 0 aromatic heterocycles. The van der Waals surface area contributed by atoms with E-state index >= 15 is 0 Å². The average molecular weight is 488 g/mol. The smallest absolute Gasteiger partial charge is 0.202 e. The van der Waals surface area contributed by atoms with E-state index in [1.54, 1.807) is 27.1 Å². The minimum atomic E-state index is -2.60. The molecule has 11 heteroatoms. The lowest BCUT2D eigenvalue weighted by atomic mass is 9.57. The molecule has 7 N–H and O–H groups in total. The standard InChI is InChI=1S/C24H29N3O8/c1-9(26-35-4)11-5-6-14(28)16-12(11)7-10-8-13-18(27(2)3)20(30)17(23(25)33)22(32)24(13,34)21(31)15(10)19(16)29/h5-6,10,13,18,23,28-29,32-34H,7-8,25H2,1-4H3/b26-9+/t10-,13-,18-,23?,24-/m0/s1. The molecule has 0 saturated heterocycles. The molecular weight excluding hydrogens is 458 g/mol. The Labute approximate surface area is 201 Å². The summed E-state index contributed by atoms with van der Waals surface area (Å²) in [6.45, 7) is 1.70. The van der Waals surface area contributed by atoms with E-state index in [1.807, 2.05) is 0 Å². The first-order valence-electron chi connectivity index (χ1n) is 11.1. The van der Waals surface area contributed by atoms with Crippen LogP contribution in [0.3, 0.4) is 0 Å². The third-order valence-electron chi connectivity index (χ3n) is 7.31. The Bertz CT molecular complexity index is 1220. The summed E-state index contributed by atoms with van der Waals surface area (Å²) in [6.07, 6.45) is -1.69. The molecule has 3 aliphatic rings. The van der Waals surface area contributed by atoms with Gasteiger partial charge >= 0.3 is 0 Å². The minimum absolute atomic E-state index is 0.0217. The van der Waals surface area contributed by atoms with Crippen LogP contribution in [0.25, 0.3) is 5.76 Å². The quantitative estimate of drug-likeness (QED) is 0.194. The number of Topliss-reactive ketones (excluding diaryl/α,β-unsaturated/α-hetero) is 2. The molecule has 0 amide bonds. The highest BCUT2D eigenvalue weighted by atomic mass is 16.6. The van der Waals surface area contributed by atoms with Gasteiger partial charge < -0.3 is 36.1 Å². The van der Waals surface area contributed by atoms with Crippen LogP contribution >= 0.6 is 0 Å². The van der Waals surface area contributed by atoms with Crippen molar-refractivity contribution in [2.75, 3.05) is 21.2 Å². The summed E-state index contributed by atoms with van der Waals surface area (Å²) in [5.74, 6) is -5.25. The van der Waals surface area contributed by atoms with Gasteiger partial charge in [-0.05, 0) is 57.5 Å². The number of aliphatic hydroxyl groups is 4. The number of nitrogens with zero attached hydrogens (tertiary/aromatic N) is 2. The van der Waals surface area contributed by atoms with Crippen molar-refractivity contribution in [2.45, 2.75) is 37.6 Å². The van der Waals surface area contributed by atoms with E-state index in [-0.39, 0.29) is 29.7 Å². The van der Waals surface area contributed by atoms with Crippen LogP contribution in [-0.4, -0.2) is 86.8 Å². The number of ketones is 2. The van der Waals surface area contributed by atoms with Gasteiger partial charge in [0.1, 0.15) is 30.6 Å². The van der Waals surface area contributed by atoms with Gasteiger partial charge in [0.15, 0.2) is 11.4 Å². The summed E-state index contributed by atoms with van der Waals surface area (Å²) < 4.78 is 0. The third kappa shape index (κ3) is 3.38. The Balaban J connectivity index is 1.98. The van der Waals surface area contributed by atoms with Crippen LogP contribution in [0, 0.1) is 11.8 Å². The maximum atomic E-state index is 13.8. The molecule has 35 heavy (non-hydrogen) atoms. The lowest BCUT2D eigenvalue weighted by Crippen LogP contribution is -2.66. The van der Waals surface area contributed by atoms with Crippen molar-refractivity contribution < 1.29 is 40.0 Å². The van der Waals surface area contributed by atoms with Gasteiger partial charge in [0, 0.05) is 17.1 Å². The van der Waals surface area contributed by atoms with E-state index in [0.717, 1.165) is 0 Å². The minimum Gasteiger partial charge on any atom is -0.508 e. The van der Waals surface area contributed by atoms with Crippen molar-refractivity contribution in [3.05, 3.63) is 45.7 Å². The highest BCUT2D eigenvalue weighted by Crippen LogP contribution is 2.53. The predicted molar refractivity (Wildman–Crippen MR) is 124 cm³/mol. The number of oxime groups is 1. The molecule has 1 unspecified atom stereocenters. The lowest BCUT2D eigenvalue weighted by Gasteiger charge is -2.50. The first-order valence-corrected chi connectivity index (χ1v) is 11.1. The topological polar surface area (TPSA) is 186 Å². The Hall–Kier alpha value is -3.25. The van der Waals surface area contributed by atoms with Gasteiger partial charge in [0.05, 0.1) is 22.9 Å². The number of benzene rings is 1. The number of likely N-dealkylation sites (N-methyl/N-ethyl adjacent to an activating group) is 1. The number of rotatable bonds is 4. The van der Waals surface area contributed by atoms with E-state index in [4.69, 9.17) is 10.6 Å². The molecule has 1 aromatic carbocycles. The summed E-state index contributed by atoms with van der Waals surface area (Å²) >= 11 is 0. The summed E-state index contributed by atoms with van der Waals surface area (Å²) in [7, 11) is 4.55. The first-order chi connectivity index (χ1) is 16.4. The number of carbonyl (C=O) groups is 2. The van der Waals surface area contributed by atoms with Crippen molar-refractivity contribution in [3.8, 4) is 5.75 Å². The molecule has 11 nitrogen and oxygen atoms in total. The second-order valence-corrected chi connectivity index (χ2v) is 9.43. The molecule has 0 radical (unpaired) electrons. The number of hydrogen-bond donors (Lipinski definition) is 6. The van der Waals surface area contributed by atoms with Crippen molar-refractivity contribution in [2.24, 2.45) is 22.7 Å². The zero-order chi connectivity index (χ0) is 26.0. The van der Waals surface area contributed by atoms with Crippen LogP contribution in [0.1, 0.15) is 30.0 Å². The van der Waals surface area contributed by atoms with Gasteiger partial charge in [-0.25, -0.2) is 0 Å². The number of hydrogen-bond acceptors (Lipinski definition) is 11. The maximum Gasteiger partial charge on any atom is 0.202 e. The highest BCUT2D eigenvalue weighted by Gasteiger charge is 2.64. The Morgan fingerprint density at radius 2 is 1.91 bits per heavy atom. The normalized spacial score (nSPS) is 29.7. The molecule has 3 aliphatic carbocycles. The van der Waals surface area contributed by atoms with E-state index in [0.29, 0.717) is 16.8 Å². The molecule has 0 aliphatic heterocycles. The van der Waals surface area contributed by atoms with Crippen LogP contribution in [0.5, 0.6) is 5.75 Å². The monoisotopic (exact) mass is 487 g/mol. The molecule has 0 spiro atoms. The summed E-state index contributed by atoms with van der Waals surface area (Å²) in [5.41, 5.74) is 3.72. The van der Waals surface area contributed by atoms with Gasteiger partial charge in [0.25, 0.3) is 0 Å². The van der Waals surface area contributed by atoms with Gasteiger partial charge in [-0.15, -0.1) is 0 Å². The molecule has 5 atom stereocenters. The largest absolute Gasteiger partial charge is 0.508 e. The molecule has 4 rings (SSSR count). The summed E-state index contributed by atoms with van der Waals surface area (Å²) in [4.78, 5) is 33.3. The van der Waals surface area contributed by atoms with Gasteiger partial charge in [-0.2, -0.15) is 0 Å². The molecule has 1 fully saturated rings. The van der Waals surface area contributed by atoms with Crippen LogP contribution in [0.4, 0.5) is 0 Å². The molecule has 1 aromatic rings. The van der Waals surface area contributed by atoms with Gasteiger partial charge in [-0.1, -0.05) is 5.16 Å². The molecule has 0 heterocycles. The lowest BCUT2D eigenvalue weighted by molar-refractivity contribution is -0.154. The van der Waals surface area contributed by atoms with Gasteiger partial charge in [-0.3, -0.25) is 14.5 Å². The number of carbonyl (C=O) groups excluding carboxylic acids is 2. The molecular formula is C24H29N3O8. The first kappa shape index (κ1) is 24.9. The van der Waals surface area contributed by atoms with Crippen LogP contribution in [-0.2, 0) is 20.8 Å². The summed E-state index contributed by atoms with van der Waals surface area (Å²) in [5, 5.41) is 58.2. The van der Waals surface area contributed by atoms with Crippen LogP contribution in [0.15, 0.2) is 34.2 Å². The third-order valence-corrected chi connectivity index (χ3v) is 7.31. The number of aliphatic hydroxyl groups excluding tert-OH is 3. The van der Waals surface area contributed by atoms with Crippen LogP contribution < -0.4 is 5.73 Å². The Morgan fingerprint density at radius 1 is 1.26 bits per heavy atom. The number of fused-ring (bicyclic) bond motifs is 3. The predicted octanol–water partition coefficient (Wildman–Crippen LogP) is 0.126. The zero-order valence-electron chi connectivity index (χ0n) is 19.8. The van der Waals surface area contributed by atoms with Crippen molar-refractivity contribution in [3.63, 3.8) is 0 Å². The Morgan fingerprint density at radius 3 is 2.49 bits per heavy atom. The Kier molecular flexibility index (Phi) is 6.00. The van der Waals surface area contributed by atoms with E-state index in [1.165, 1.54) is 18.1 Å².